The molecule has 0 saturated heterocycles. The van der Waals surface area contributed by atoms with Crippen molar-refractivity contribution in [1.29, 1.82) is 5.41 Å². The third-order valence-electron chi connectivity index (χ3n) is 2.63. The smallest absolute Gasteiger partial charge is 0.202 e. The molecular weight excluding hydrogens is 220 g/mol. The summed E-state index contributed by atoms with van der Waals surface area (Å²) >= 11 is 1.24. The number of aryl methyl sites for hydroxylation is 1. The largest absolute Gasteiger partial charge is 0.374 e. The van der Waals surface area contributed by atoms with Crippen LogP contribution in [0.25, 0.3) is 0 Å². The molecule has 0 amide bonds. The number of aromatic nitrogens is 2. The van der Waals surface area contributed by atoms with Crippen molar-refractivity contribution in [2.75, 3.05) is 5.73 Å². The Morgan fingerprint density at radius 1 is 1.19 bits per heavy atom. The van der Waals surface area contributed by atoms with Gasteiger partial charge < -0.3 is 5.73 Å². The lowest BCUT2D eigenvalue weighted by atomic mass is 10.1. The van der Waals surface area contributed by atoms with Gasteiger partial charge >= 0.3 is 0 Å². The first-order chi connectivity index (χ1) is 7.74. The van der Waals surface area contributed by atoms with E-state index in [-0.39, 0.29) is 0 Å². The van der Waals surface area contributed by atoms with Crippen molar-refractivity contribution in [3.63, 3.8) is 0 Å². The monoisotopic (exact) mass is 242 g/mol. The molecule has 0 fully saturated rings. The second kappa shape index (κ2) is 7.44. The number of hydrogen-bond acceptors (Lipinski definition) is 4. The molecule has 0 aliphatic heterocycles. The van der Waals surface area contributed by atoms with E-state index in [0.29, 0.717) is 9.93 Å². The van der Waals surface area contributed by atoms with Crippen LogP contribution in [0.4, 0.5) is 5.13 Å². The molecule has 0 spiro atoms. The Balaban J connectivity index is 2.07. The van der Waals surface area contributed by atoms with E-state index in [1.54, 1.807) is 4.68 Å². The maximum Gasteiger partial charge on any atom is 0.202 e. The first-order valence-electron chi connectivity index (χ1n) is 6.12. The number of nitrogens with zero attached hydrogens (tertiary/aromatic N) is 2. The van der Waals surface area contributed by atoms with E-state index in [0.717, 1.165) is 13.0 Å². The first kappa shape index (κ1) is 13.2. The molecule has 0 aromatic carbocycles. The number of nitrogen functional groups attached to an aromatic ring is 1. The van der Waals surface area contributed by atoms with Gasteiger partial charge in [-0.3, -0.25) is 5.41 Å². The van der Waals surface area contributed by atoms with Gasteiger partial charge in [0.1, 0.15) is 0 Å². The van der Waals surface area contributed by atoms with Gasteiger partial charge in [-0.05, 0) is 6.42 Å². The molecule has 92 valence electrons. The quantitative estimate of drug-likeness (QED) is 0.688. The van der Waals surface area contributed by atoms with Crippen molar-refractivity contribution in [3.8, 4) is 0 Å². The number of hydrogen-bond donors (Lipinski definition) is 2. The molecule has 0 radical (unpaired) electrons. The summed E-state index contributed by atoms with van der Waals surface area (Å²) in [7, 11) is 0. The normalized spacial score (nSPS) is 10.8. The van der Waals surface area contributed by atoms with Crippen molar-refractivity contribution in [2.24, 2.45) is 0 Å². The molecule has 16 heavy (non-hydrogen) atoms. The van der Waals surface area contributed by atoms with Gasteiger partial charge in [0.25, 0.3) is 0 Å². The van der Waals surface area contributed by atoms with E-state index in [4.69, 9.17) is 11.1 Å². The van der Waals surface area contributed by atoms with E-state index in [9.17, 15) is 0 Å². The number of unbranched alkanes of at least 4 members (excludes halogenated alkanes) is 6. The molecule has 0 unspecified atom stereocenters. The number of rotatable bonds is 8. The minimum Gasteiger partial charge on any atom is -0.374 e. The SMILES string of the molecule is CCCCCCCCCn1nc(N)sc1=N. The van der Waals surface area contributed by atoms with Crippen molar-refractivity contribution in [2.45, 2.75) is 58.4 Å². The number of nitrogens with two attached hydrogens (primary N) is 1. The molecule has 4 nitrogen and oxygen atoms in total. The van der Waals surface area contributed by atoms with Gasteiger partial charge in [-0.2, -0.15) is 0 Å². The summed E-state index contributed by atoms with van der Waals surface area (Å²) in [6, 6.07) is 0. The summed E-state index contributed by atoms with van der Waals surface area (Å²) in [4.78, 5) is 0.462. The molecule has 0 aliphatic carbocycles. The molecule has 0 saturated carbocycles. The molecule has 1 rings (SSSR count). The van der Waals surface area contributed by atoms with Crippen LogP contribution >= 0.6 is 11.3 Å². The summed E-state index contributed by atoms with van der Waals surface area (Å²) in [5.41, 5.74) is 5.53. The summed E-state index contributed by atoms with van der Waals surface area (Å²) in [6.07, 6.45) is 8.99. The lowest BCUT2D eigenvalue weighted by Gasteiger charge is -2.01. The first-order valence-corrected chi connectivity index (χ1v) is 6.93. The van der Waals surface area contributed by atoms with E-state index in [2.05, 4.69) is 12.0 Å². The van der Waals surface area contributed by atoms with Gasteiger partial charge in [-0.15, -0.1) is 5.10 Å². The van der Waals surface area contributed by atoms with Crippen LogP contribution in [0, 0.1) is 5.41 Å². The molecule has 1 heterocycles. The standard InChI is InChI=1S/C11H22N4S/c1-2-3-4-5-6-7-8-9-15-11(13)16-10(12)14-15/h13H,2-9H2,1H3,(H2,12,14). The Kier molecular flexibility index (Phi) is 6.15. The number of anilines is 1. The third-order valence-corrected chi connectivity index (χ3v) is 3.32. The molecule has 0 bridgehead atoms. The molecular formula is C11H22N4S. The van der Waals surface area contributed by atoms with E-state index >= 15 is 0 Å². The average molecular weight is 242 g/mol. The van der Waals surface area contributed by atoms with Gasteiger partial charge in [0, 0.05) is 6.54 Å². The molecule has 1 aromatic rings. The third kappa shape index (κ3) is 4.79. The molecule has 1 aromatic heterocycles. The van der Waals surface area contributed by atoms with Crippen molar-refractivity contribution in [1.82, 2.24) is 9.78 Å². The van der Waals surface area contributed by atoms with Crippen LogP contribution in [0.1, 0.15) is 51.9 Å². The fourth-order valence-electron chi connectivity index (χ4n) is 1.71. The number of nitrogens with one attached hydrogen (secondary N) is 1. The minimum absolute atomic E-state index is 0.462. The lowest BCUT2D eigenvalue weighted by molar-refractivity contribution is 0.511. The molecule has 0 atom stereocenters. The highest BCUT2D eigenvalue weighted by Crippen LogP contribution is 2.07. The van der Waals surface area contributed by atoms with Crippen LogP contribution in [-0.2, 0) is 6.54 Å². The summed E-state index contributed by atoms with van der Waals surface area (Å²) in [6.45, 7) is 3.07. The second-order valence-corrected chi connectivity index (χ2v) is 5.10. The average Bonchev–Trinajstić information content (AvgIpc) is 2.56. The topological polar surface area (TPSA) is 67.7 Å². The van der Waals surface area contributed by atoms with E-state index in [1.807, 2.05) is 0 Å². The maximum absolute atomic E-state index is 7.60. The zero-order valence-electron chi connectivity index (χ0n) is 10.0. The highest BCUT2D eigenvalue weighted by Gasteiger charge is 1.99. The molecule has 0 aliphatic rings. The zero-order chi connectivity index (χ0) is 11.8. The Morgan fingerprint density at radius 3 is 2.38 bits per heavy atom. The highest BCUT2D eigenvalue weighted by atomic mass is 32.1. The zero-order valence-corrected chi connectivity index (χ0v) is 10.9. The fourth-order valence-corrected chi connectivity index (χ4v) is 2.28. The van der Waals surface area contributed by atoms with Crippen LogP contribution < -0.4 is 10.5 Å². The van der Waals surface area contributed by atoms with Crippen LogP contribution in [0.2, 0.25) is 0 Å². The van der Waals surface area contributed by atoms with Gasteiger partial charge in [0.2, 0.25) is 9.93 Å². The summed E-state index contributed by atoms with van der Waals surface area (Å²) in [5.74, 6) is 0. The van der Waals surface area contributed by atoms with Gasteiger partial charge in [0.15, 0.2) is 0 Å². The van der Waals surface area contributed by atoms with Crippen LogP contribution in [-0.4, -0.2) is 9.78 Å². The minimum atomic E-state index is 0.462. The lowest BCUT2D eigenvalue weighted by Crippen LogP contribution is -2.14. The highest BCUT2D eigenvalue weighted by molar-refractivity contribution is 7.12. The predicted octanol–water partition coefficient (Wildman–Crippen LogP) is 2.76. The van der Waals surface area contributed by atoms with Crippen LogP contribution in [0.15, 0.2) is 0 Å². The Bertz CT molecular complexity index is 342. The van der Waals surface area contributed by atoms with Gasteiger partial charge in [-0.25, -0.2) is 4.68 Å². The summed E-state index contributed by atoms with van der Waals surface area (Å²) < 4.78 is 1.70. The fraction of sp³-hybridized carbons (Fsp3) is 0.818. The van der Waals surface area contributed by atoms with Crippen molar-refractivity contribution < 1.29 is 0 Å². The Labute approximate surface area is 101 Å². The van der Waals surface area contributed by atoms with Crippen molar-refractivity contribution in [3.05, 3.63) is 4.80 Å². The van der Waals surface area contributed by atoms with Crippen LogP contribution in [0.3, 0.4) is 0 Å². The molecule has 5 heteroatoms. The predicted molar refractivity (Wildman–Crippen MR) is 68.4 cm³/mol. The Hall–Kier alpha value is -0.840. The van der Waals surface area contributed by atoms with E-state index in [1.165, 1.54) is 49.9 Å². The molecule has 3 N–H and O–H groups in total. The van der Waals surface area contributed by atoms with Crippen LogP contribution in [0.5, 0.6) is 0 Å². The van der Waals surface area contributed by atoms with E-state index < -0.39 is 0 Å². The Morgan fingerprint density at radius 2 is 1.81 bits per heavy atom. The summed E-state index contributed by atoms with van der Waals surface area (Å²) in [5, 5.41) is 12.2. The second-order valence-electron chi connectivity index (χ2n) is 4.09. The van der Waals surface area contributed by atoms with Crippen molar-refractivity contribution >= 4 is 16.5 Å². The van der Waals surface area contributed by atoms with Gasteiger partial charge in [0.05, 0.1) is 0 Å². The van der Waals surface area contributed by atoms with Gasteiger partial charge in [-0.1, -0.05) is 56.8 Å². The maximum atomic E-state index is 7.60.